The molecule has 0 atom stereocenters. The van der Waals surface area contributed by atoms with Crippen molar-refractivity contribution in [2.24, 2.45) is 0 Å². The number of halogens is 1. The van der Waals surface area contributed by atoms with E-state index in [1.165, 1.54) is 0 Å². The van der Waals surface area contributed by atoms with Gasteiger partial charge in [0.05, 0.1) is 17.3 Å². The Kier molecular flexibility index (Phi) is 8.55. The Morgan fingerprint density at radius 2 is 1.86 bits per heavy atom. The minimum absolute atomic E-state index is 0.0483. The molecular formula is C22H26ClN3O3. The number of hydrogen-bond donors (Lipinski definition) is 3. The van der Waals surface area contributed by atoms with Crippen LogP contribution in [0, 0.1) is 0 Å². The lowest BCUT2D eigenvalue weighted by atomic mass is 10.2. The summed E-state index contributed by atoms with van der Waals surface area (Å²) in [5.41, 5.74) is 2.70. The number of benzene rings is 2. The molecule has 0 saturated carbocycles. The molecule has 0 heterocycles. The van der Waals surface area contributed by atoms with Gasteiger partial charge in [0.1, 0.15) is 12.4 Å². The molecule has 0 aromatic heterocycles. The first-order chi connectivity index (χ1) is 13.9. The smallest absolute Gasteiger partial charge is 0.243 e. The van der Waals surface area contributed by atoms with Crippen molar-refractivity contribution in [2.45, 2.75) is 26.7 Å². The van der Waals surface area contributed by atoms with Crippen LogP contribution in [0.5, 0.6) is 5.75 Å². The molecule has 29 heavy (non-hydrogen) atoms. The standard InChI is InChI=1S/C22H26ClN3O3/c1-4-6-21(27)25-17-9-10-19(23)20(12-17)26-22(28)13-24-16-7-5-8-18(11-16)29-14-15(2)3/h5,7-12,24H,2,4,6,13-14H2,1,3H3,(H,25,27)(H,26,28). The lowest BCUT2D eigenvalue weighted by molar-refractivity contribution is -0.116. The van der Waals surface area contributed by atoms with Crippen LogP contribution in [0.3, 0.4) is 0 Å². The fourth-order valence-corrected chi connectivity index (χ4v) is 2.59. The lowest BCUT2D eigenvalue weighted by Crippen LogP contribution is -2.22. The van der Waals surface area contributed by atoms with Crippen LogP contribution in [0.1, 0.15) is 26.7 Å². The summed E-state index contributed by atoms with van der Waals surface area (Å²) < 4.78 is 5.60. The van der Waals surface area contributed by atoms with E-state index >= 15 is 0 Å². The van der Waals surface area contributed by atoms with E-state index in [0.717, 1.165) is 17.7 Å². The van der Waals surface area contributed by atoms with E-state index in [-0.39, 0.29) is 18.4 Å². The van der Waals surface area contributed by atoms with E-state index < -0.39 is 0 Å². The first kappa shape index (κ1) is 22.3. The van der Waals surface area contributed by atoms with Gasteiger partial charge in [-0.3, -0.25) is 9.59 Å². The Morgan fingerprint density at radius 3 is 2.59 bits per heavy atom. The van der Waals surface area contributed by atoms with Crippen LogP contribution in [0.15, 0.2) is 54.6 Å². The third-order valence-corrected chi connectivity index (χ3v) is 4.10. The average Bonchev–Trinajstić information content (AvgIpc) is 2.68. The summed E-state index contributed by atoms with van der Waals surface area (Å²) in [4.78, 5) is 24.1. The molecule has 6 nitrogen and oxygen atoms in total. The second kappa shape index (κ2) is 11.1. The Bertz CT molecular complexity index is 883. The maximum Gasteiger partial charge on any atom is 0.243 e. The highest BCUT2D eigenvalue weighted by Crippen LogP contribution is 2.26. The van der Waals surface area contributed by atoms with Gasteiger partial charge in [0, 0.05) is 23.9 Å². The molecule has 0 aliphatic rings. The summed E-state index contributed by atoms with van der Waals surface area (Å²) in [6.45, 7) is 8.11. The number of anilines is 3. The van der Waals surface area contributed by atoms with Gasteiger partial charge in [-0.05, 0) is 49.2 Å². The quantitative estimate of drug-likeness (QED) is 0.472. The van der Waals surface area contributed by atoms with Gasteiger partial charge < -0.3 is 20.7 Å². The highest BCUT2D eigenvalue weighted by atomic mass is 35.5. The topological polar surface area (TPSA) is 79.5 Å². The van der Waals surface area contributed by atoms with Crippen molar-refractivity contribution in [1.29, 1.82) is 0 Å². The summed E-state index contributed by atoms with van der Waals surface area (Å²) in [6, 6.07) is 12.3. The largest absolute Gasteiger partial charge is 0.489 e. The van der Waals surface area contributed by atoms with Gasteiger partial charge in [0.15, 0.2) is 0 Å². The zero-order chi connectivity index (χ0) is 21.2. The van der Waals surface area contributed by atoms with Gasteiger partial charge in [0.25, 0.3) is 0 Å². The average molecular weight is 416 g/mol. The van der Waals surface area contributed by atoms with Crippen molar-refractivity contribution in [2.75, 3.05) is 29.1 Å². The van der Waals surface area contributed by atoms with Crippen molar-refractivity contribution in [3.05, 3.63) is 59.6 Å². The highest BCUT2D eigenvalue weighted by molar-refractivity contribution is 6.33. The van der Waals surface area contributed by atoms with Gasteiger partial charge >= 0.3 is 0 Å². The monoisotopic (exact) mass is 415 g/mol. The summed E-state index contributed by atoms with van der Waals surface area (Å²) >= 11 is 6.16. The number of rotatable bonds is 10. The molecule has 2 amide bonds. The molecule has 154 valence electrons. The molecule has 0 spiro atoms. The molecule has 0 aliphatic carbocycles. The van der Waals surface area contributed by atoms with Crippen molar-refractivity contribution in [3.8, 4) is 5.75 Å². The minimum atomic E-state index is -0.266. The normalized spacial score (nSPS) is 10.2. The summed E-state index contributed by atoms with van der Waals surface area (Å²) in [5, 5.41) is 8.98. The SMILES string of the molecule is C=C(C)COc1cccc(NCC(=O)Nc2cc(NC(=O)CCC)ccc2Cl)c1. The second-order valence-corrected chi connectivity index (χ2v) is 7.08. The van der Waals surface area contributed by atoms with Crippen molar-refractivity contribution in [1.82, 2.24) is 0 Å². The van der Waals surface area contributed by atoms with Crippen LogP contribution in [0.25, 0.3) is 0 Å². The van der Waals surface area contributed by atoms with E-state index in [1.54, 1.807) is 18.2 Å². The molecule has 2 aromatic carbocycles. The Morgan fingerprint density at radius 1 is 1.07 bits per heavy atom. The van der Waals surface area contributed by atoms with E-state index in [9.17, 15) is 9.59 Å². The number of carbonyl (C=O) groups excluding carboxylic acids is 2. The van der Waals surface area contributed by atoms with Crippen molar-refractivity contribution >= 4 is 40.5 Å². The van der Waals surface area contributed by atoms with Crippen molar-refractivity contribution < 1.29 is 14.3 Å². The van der Waals surface area contributed by atoms with Gasteiger partial charge in [-0.15, -0.1) is 0 Å². The molecule has 7 heteroatoms. The first-order valence-corrected chi connectivity index (χ1v) is 9.75. The highest BCUT2D eigenvalue weighted by Gasteiger charge is 2.09. The summed E-state index contributed by atoms with van der Waals surface area (Å²) in [5.74, 6) is 0.344. The lowest BCUT2D eigenvalue weighted by Gasteiger charge is -2.12. The summed E-state index contributed by atoms with van der Waals surface area (Å²) in [6.07, 6.45) is 1.19. The number of ether oxygens (including phenoxy) is 1. The number of amides is 2. The predicted molar refractivity (Wildman–Crippen MR) is 119 cm³/mol. The van der Waals surface area contributed by atoms with Crippen LogP contribution in [0.2, 0.25) is 5.02 Å². The number of carbonyl (C=O) groups is 2. The van der Waals surface area contributed by atoms with Gasteiger partial charge in [-0.1, -0.05) is 31.2 Å². The Hall–Kier alpha value is -2.99. The van der Waals surface area contributed by atoms with Crippen LogP contribution in [-0.2, 0) is 9.59 Å². The fraction of sp³-hybridized carbons (Fsp3) is 0.273. The molecule has 2 aromatic rings. The van der Waals surface area contributed by atoms with E-state index in [2.05, 4.69) is 22.5 Å². The Balaban J connectivity index is 1.93. The van der Waals surface area contributed by atoms with Gasteiger partial charge in [-0.25, -0.2) is 0 Å². The number of hydrogen-bond acceptors (Lipinski definition) is 4. The second-order valence-electron chi connectivity index (χ2n) is 6.67. The van der Waals surface area contributed by atoms with E-state index in [1.807, 2.05) is 38.1 Å². The molecule has 0 aliphatic heterocycles. The van der Waals surface area contributed by atoms with Crippen LogP contribution in [0.4, 0.5) is 17.1 Å². The molecule has 0 saturated heterocycles. The zero-order valence-electron chi connectivity index (χ0n) is 16.7. The third-order valence-electron chi connectivity index (χ3n) is 3.77. The molecule has 3 N–H and O–H groups in total. The molecule has 0 bridgehead atoms. The van der Waals surface area contributed by atoms with Crippen molar-refractivity contribution in [3.63, 3.8) is 0 Å². The maximum absolute atomic E-state index is 12.3. The predicted octanol–water partition coefficient (Wildman–Crippen LogP) is 5.08. The Labute approximate surface area is 176 Å². The molecule has 0 radical (unpaired) electrons. The molecule has 2 rings (SSSR count). The maximum atomic E-state index is 12.3. The van der Waals surface area contributed by atoms with Gasteiger partial charge in [0.2, 0.25) is 11.8 Å². The minimum Gasteiger partial charge on any atom is -0.489 e. The molecule has 0 fully saturated rings. The van der Waals surface area contributed by atoms with Crippen LogP contribution < -0.4 is 20.7 Å². The zero-order valence-corrected chi connectivity index (χ0v) is 17.4. The van der Waals surface area contributed by atoms with Crippen LogP contribution in [-0.4, -0.2) is 25.0 Å². The van der Waals surface area contributed by atoms with Crippen LogP contribution >= 0.6 is 11.6 Å². The number of nitrogens with one attached hydrogen (secondary N) is 3. The first-order valence-electron chi connectivity index (χ1n) is 9.37. The molecule has 0 unspecified atom stereocenters. The van der Waals surface area contributed by atoms with E-state index in [4.69, 9.17) is 16.3 Å². The third kappa shape index (κ3) is 7.87. The summed E-state index contributed by atoms with van der Waals surface area (Å²) in [7, 11) is 0. The molecular weight excluding hydrogens is 390 g/mol. The van der Waals surface area contributed by atoms with Gasteiger partial charge in [-0.2, -0.15) is 0 Å². The van der Waals surface area contributed by atoms with E-state index in [0.29, 0.717) is 35.2 Å². The fourth-order valence-electron chi connectivity index (χ4n) is 2.43.